The Morgan fingerprint density at radius 2 is 2.08 bits per heavy atom. The molecule has 0 spiro atoms. The van der Waals surface area contributed by atoms with Crippen molar-refractivity contribution in [3.05, 3.63) is 11.6 Å². The van der Waals surface area contributed by atoms with E-state index >= 15 is 0 Å². The van der Waals surface area contributed by atoms with Crippen molar-refractivity contribution in [2.24, 2.45) is 0 Å². The number of aliphatic hydroxyl groups excluding tert-OH is 1. The summed E-state index contributed by atoms with van der Waals surface area (Å²) < 4.78 is 1.78. The largest absolute Gasteiger partial charge is 0.394 e. The second-order valence-corrected chi connectivity index (χ2v) is 2.60. The van der Waals surface area contributed by atoms with Crippen LogP contribution in [0.5, 0.6) is 0 Å². The first-order valence-corrected chi connectivity index (χ1v) is 4.35. The maximum Gasteiger partial charge on any atom is 0.150 e. The third-order valence-electron chi connectivity index (χ3n) is 1.74. The zero-order valence-electron chi connectivity index (χ0n) is 7.62. The van der Waals surface area contributed by atoms with Gasteiger partial charge in [0, 0.05) is 12.8 Å². The minimum absolute atomic E-state index is 0.125. The zero-order chi connectivity index (χ0) is 8.97. The van der Waals surface area contributed by atoms with Gasteiger partial charge in [0.2, 0.25) is 0 Å². The van der Waals surface area contributed by atoms with Crippen LogP contribution in [-0.2, 0) is 19.4 Å². The van der Waals surface area contributed by atoms with Crippen LogP contribution >= 0.6 is 0 Å². The first kappa shape index (κ1) is 9.19. The van der Waals surface area contributed by atoms with Gasteiger partial charge in [0.15, 0.2) is 5.82 Å². The molecule has 1 heterocycles. The first-order valence-electron chi connectivity index (χ1n) is 4.35. The Morgan fingerprint density at radius 3 is 2.58 bits per heavy atom. The van der Waals surface area contributed by atoms with Gasteiger partial charge in [-0.1, -0.05) is 13.8 Å². The molecule has 68 valence electrons. The predicted octanol–water partition coefficient (Wildman–Crippen LogP) is 0.395. The second-order valence-electron chi connectivity index (χ2n) is 2.60. The van der Waals surface area contributed by atoms with Crippen LogP contribution in [0.15, 0.2) is 0 Å². The summed E-state index contributed by atoms with van der Waals surface area (Å²) in [6.45, 7) is 4.74. The second kappa shape index (κ2) is 4.21. The van der Waals surface area contributed by atoms with E-state index in [1.165, 1.54) is 0 Å². The average Bonchev–Trinajstić information content (AvgIpc) is 2.48. The molecule has 1 N–H and O–H groups in total. The molecule has 0 aromatic carbocycles. The lowest BCUT2D eigenvalue weighted by atomic mass is 10.4. The summed E-state index contributed by atoms with van der Waals surface area (Å²) >= 11 is 0. The van der Waals surface area contributed by atoms with Gasteiger partial charge < -0.3 is 5.11 Å². The predicted molar refractivity (Wildman–Crippen MR) is 45.9 cm³/mol. The average molecular weight is 169 g/mol. The van der Waals surface area contributed by atoms with Crippen LogP contribution in [0, 0.1) is 0 Å². The minimum Gasteiger partial charge on any atom is -0.394 e. The van der Waals surface area contributed by atoms with Crippen molar-refractivity contribution in [2.45, 2.75) is 33.2 Å². The Kier molecular flexibility index (Phi) is 3.22. The van der Waals surface area contributed by atoms with Crippen molar-refractivity contribution in [3.8, 4) is 0 Å². The van der Waals surface area contributed by atoms with Crippen LogP contribution in [0.3, 0.4) is 0 Å². The molecule has 0 bridgehead atoms. The molecular formula is C8H15N3O. The molecule has 0 unspecified atom stereocenters. The lowest BCUT2D eigenvalue weighted by Crippen LogP contribution is -2.07. The number of hydrogen-bond acceptors (Lipinski definition) is 3. The number of rotatable bonds is 4. The zero-order valence-corrected chi connectivity index (χ0v) is 7.62. The van der Waals surface area contributed by atoms with Gasteiger partial charge in [-0.3, -0.25) is 0 Å². The summed E-state index contributed by atoms with van der Waals surface area (Å²) in [5.74, 6) is 1.82. The molecule has 0 saturated heterocycles. The van der Waals surface area contributed by atoms with E-state index in [9.17, 15) is 0 Å². The Balaban J connectivity index is 2.84. The van der Waals surface area contributed by atoms with Crippen LogP contribution in [0.2, 0.25) is 0 Å². The highest BCUT2D eigenvalue weighted by atomic mass is 16.3. The van der Waals surface area contributed by atoms with E-state index < -0.39 is 0 Å². The molecule has 1 rings (SSSR count). The van der Waals surface area contributed by atoms with Gasteiger partial charge in [0.05, 0.1) is 13.2 Å². The van der Waals surface area contributed by atoms with Crippen molar-refractivity contribution < 1.29 is 5.11 Å². The molecule has 0 radical (unpaired) electrons. The molecule has 0 atom stereocenters. The molecule has 12 heavy (non-hydrogen) atoms. The number of aromatic nitrogens is 3. The van der Waals surface area contributed by atoms with Gasteiger partial charge in [-0.25, -0.2) is 9.67 Å². The van der Waals surface area contributed by atoms with Crippen molar-refractivity contribution >= 4 is 0 Å². The van der Waals surface area contributed by atoms with E-state index in [1.807, 2.05) is 13.8 Å². The Labute approximate surface area is 72.2 Å². The summed E-state index contributed by atoms with van der Waals surface area (Å²) in [5.41, 5.74) is 0. The summed E-state index contributed by atoms with van der Waals surface area (Å²) in [7, 11) is 0. The van der Waals surface area contributed by atoms with E-state index in [0.717, 1.165) is 24.5 Å². The van der Waals surface area contributed by atoms with Crippen molar-refractivity contribution in [2.75, 3.05) is 6.61 Å². The van der Waals surface area contributed by atoms with E-state index in [4.69, 9.17) is 5.11 Å². The smallest absolute Gasteiger partial charge is 0.150 e. The molecule has 4 nitrogen and oxygen atoms in total. The van der Waals surface area contributed by atoms with E-state index in [2.05, 4.69) is 10.1 Å². The fraction of sp³-hybridized carbons (Fsp3) is 0.750. The van der Waals surface area contributed by atoms with Crippen LogP contribution in [-0.4, -0.2) is 26.5 Å². The molecule has 0 saturated carbocycles. The van der Waals surface area contributed by atoms with Gasteiger partial charge >= 0.3 is 0 Å². The van der Waals surface area contributed by atoms with Crippen molar-refractivity contribution in [3.63, 3.8) is 0 Å². The number of hydrogen-bond donors (Lipinski definition) is 1. The van der Waals surface area contributed by atoms with Crippen LogP contribution < -0.4 is 0 Å². The standard InChI is InChI=1S/C8H15N3O/c1-3-7-9-8(4-2)11(10-7)5-6-12/h12H,3-6H2,1-2H3. The van der Waals surface area contributed by atoms with E-state index in [0.29, 0.717) is 6.54 Å². The molecule has 0 aliphatic rings. The van der Waals surface area contributed by atoms with Gasteiger partial charge in [-0.05, 0) is 0 Å². The van der Waals surface area contributed by atoms with Gasteiger partial charge in [-0.15, -0.1) is 0 Å². The Morgan fingerprint density at radius 1 is 1.33 bits per heavy atom. The summed E-state index contributed by atoms with van der Waals surface area (Å²) in [5, 5.41) is 13.0. The molecule has 1 aromatic heterocycles. The normalized spacial score (nSPS) is 10.6. The third kappa shape index (κ3) is 1.82. The highest BCUT2D eigenvalue weighted by Gasteiger charge is 2.05. The number of aryl methyl sites for hydroxylation is 2. The molecular weight excluding hydrogens is 154 g/mol. The van der Waals surface area contributed by atoms with E-state index in [1.54, 1.807) is 4.68 Å². The SMILES string of the molecule is CCc1nc(CC)n(CCO)n1. The number of aliphatic hydroxyl groups is 1. The van der Waals surface area contributed by atoms with Gasteiger partial charge in [-0.2, -0.15) is 5.10 Å². The first-order chi connectivity index (χ1) is 5.81. The quantitative estimate of drug-likeness (QED) is 0.709. The van der Waals surface area contributed by atoms with Crippen molar-refractivity contribution in [1.82, 2.24) is 14.8 Å². The summed E-state index contributed by atoms with van der Waals surface area (Å²) in [6, 6.07) is 0. The number of nitrogens with zero attached hydrogens (tertiary/aromatic N) is 3. The third-order valence-corrected chi connectivity index (χ3v) is 1.74. The van der Waals surface area contributed by atoms with E-state index in [-0.39, 0.29) is 6.61 Å². The highest BCUT2D eigenvalue weighted by Crippen LogP contribution is 1.99. The molecule has 0 fully saturated rings. The van der Waals surface area contributed by atoms with Crippen LogP contribution in [0.4, 0.5) is 0 Å². The summed E-state index contributed by atoms with van der Waals surface area (Å²) in [4.78, 5) is 4.31. The Hall–Kier alpha value is -0.900. The van der Waals surface area contributed by atoms with Crippen molar-refractivity contribution in [1.29, 1.82) is 0 Å². The van der Waals surface area contributed by atoms with Crippen LogP contribution in [0.1, 0.15) is 25.5 Å². The lowest BCUT2D eigenvalue weighted by molar-refractivity contribution is 0.267. The minimum atomic E-state index is 0.125. The van der Waals surface area contributed by atoms with Gasteiger partial charge in [0.25, 0.3) is 0 Å². The fourth-order valence-corrected chi connectivity index (χ4v) is 1.11. The molecule has 0 amide bonds. The fourth-order valence-electron chi connectivity index (χ4n) is 1.11. The molecule has 4 heteroatoms. The maximum absolute atomic E-state index is 8.73. The molecule has 1 aromatic rings. The lowest BCUT2D eigenvalue weighted by Gasteiger charge is -1.99. The topological polar surface area (TPSA) is 50.9 Å². The van der Waals surface area contributed by atoms with Crippen LogP contribution in [0.25, 0.3) is 0 Å². The molecule has 0 aliphatic carbocycles. The maximum atomic E-state index is 8.73. The monoisotopic (exact) mass is 169 g/mol. The Bertz CT molecular complexity index is 244. The molecule has 0 aliphatic heterocycles. The van der Waals surface area contributed by atoms with Gasteiger partial charge in [0.1, 0.15) is 5.82 Å². The highest BCUT2D eigenvalue weighted by molar-refractivity contribution is 4.92. The summed E-state index contributed by atoms with van der Waals surface area (Å²) in [6.07, 6.45) is 1.72.